The van der Waals surface area contributed by atoms with Crippen LogP contribution in [0.5, 0.6) is 0 Å². The minimum Gasteiger partial charge on any atom is -0.368 e. The molecular weight excluding hydrogens is 447 g/mol. The summed E-state index contributed by atoms with van der Waals surface area (Å²) >= 11 is 0. The molecule has 0 aromatic heterocycles. The zero-order chi connectivity index (χ0) is 24.5. The summed E-state index contributed by atoms with van der Waals surface area (Å²) in [6.07, 6.45) is 0.426. The monoisotopic (exact) mass is 474 g/mol. The van der Waals surface area contributed by atoms with E-state index < -0.39 is 4.92 Å². The Morgan fingerprint density at radius 1 is 1.09 bits per heavy atom. The van der Waals surface area contributed by atoms with Gasteiger partial charge in [-0.3, -0.25) is 14.9 Å². The maximum absolute atomic E-state index is 13.4. The Kier molecular flexibility index (Phi) is 6.11. The molecule has 3 aromatic rings. The van der Waals surface area contributed by atoms with Gasteiger partial charge in [-0.05, 0) is 54.8 Å². The lowest BCUT2D eigenvalue weighted by atomic mass is 9.83. The van der Waals surface area contributed by atoms with Crippen molar-refractivity contribution in [2.24, 2.45) is 5.92 Å². The highest BCUT2D eigenvalue weighted by Gasteiger charge is 2.42. The van der Waals surface area contributed by atoms with Crippen molar-refractivity contribution in [3.8, 4) is 0 Å². The van der Waals surface area contributed by atoms with E-state index in [0.29, 0.717) is 26.1 Å². The van der Waals surface area contributed by atoms with Crippen LogP contribution in [-0.4, -0.2) is 36.5 Å². The van der Waals surface area contributed by atoms with Gasteiger partial charge in [-0.25, -0.2) is 4.39 Å². The molecule has 0 saturated carbocycles. The van der Waals surface area contributed by atoms with Crippen molar-refractivity contribution in [1.29, 1.82) is 0 Å². The summed E-state index contributed by atoms with van der Waals surface area (Å²) < 4.78 is 13.2. The molecule has 1 saturated heterocycles. The highest BCUT2D eigenvalue weighted by Crippen LogP contribution is 2.38. The van der Waals surface area contributed by atoms with Gasteiger partial charge in [0.1, 0.15) is 5.82 Å². The molecule has 2 heterocycles. The molecule has 2 aliphatic rings. The van der Waals surface area contributed by atoms with Crippen LogP contribution in [0.25, 0.3) is 0 Å². The summed E-state index contributed by atoms with van der Waals surface area (Å²) in [5, 5.41) is 14.4. The van der Waals surface area contributed by atoms with Crippen LogP contribution in [-0.2, 0) is 17.8 Å². The number of halogens is 1. The number of non-ortho nitro benzene ring substituents is 1. The van der Waals surface area contributed by atoms with E-state index in [9.17, 15) is 19.3 Å². The summed E-state index contributed by atoms with van der Waals surface area (Å²) in [6.45, 7) is 4.53. The first-order valence-electron chi connectivity index (χ1n) is 11.8. The molecule has 0 bridgehead atoms. The second-order valence-electron chi connectivity index (χ2n) is 9.27. The molecule has 5 rings (SSSR count). The molecular formula is C27H27FN4O3. The molecule has 0 aliphatic carbocycles. The second-order valence-corrected chi connectivity index (χ2v) is 9.27. The van der Waals surface area contributed by atoms with Crippen LogP contribution in [0.4, 0.5) is 21.5 Å². The number of piperazine rings is 1. The standard InChI is InChI=1S/C27H27FN4O3/c1-18-2-8-22(9-3-18)30-12-13-31-25-11-10-23(32(34)35)14-20(25)15-24(26(31)17-30)27(33)29-16-19-4-6-21(28)7-5-19/h2-11,14,24,26H,12-13,15-17H2,1H3,(H,29,33). The number of carbonyl (C=O) groups excluding carboxylic acids is 1. The number of nitro groups is 1. The molecule has 1 N–H and O–H groups in total. The van der Waals surface area contributed by atoms with Crippen LogP contribution in [0.2, 0.25) is 0 Å². The number of rotatable bonds is 5. The number of fused-ring (bicyclic) bond motifs is 3. The lowest BCUT2D eigenvalue weighted by molar-refractivity contribution is -0.384. The van der Waals surface area contributed by atoms with Gasteiger partial charge in [0.15, 0.2) is 0 Å². The third-order valence-corrected chi connectivity index (χ3v) is 7.02. The van der Waals surface area contributed by atoms with E-state index in [4.69, 9.17) is 0 Å². The van der Waals surface area contributed by atoms with Crippen LogP contribution in [0.1, 0.15) is 16.7 Å². The van der Waals surface area contributed by atoms with Crippen molar-refractivity contribution in [3.63, 3.8) is 0 Å². The van der Waals surface area contributed by atoms with Crippen molar-refractivity contribution in [2.45, 2.75) is 25.9 Å². The van der Waals surface area contributed by atoms with E-state index in [-0.39, 0.29) is 29.4 Å². The lowest BCUT2D eigenvalue weighted by Gasteiger charge is -2.49. The lowest BCUT2D eigenvalue weighted by Crippen LogP contribution is -2.61. The van der Waals surface area contributed by atoms with Crippen LogP contribution in [0.15, 0.2) is 66.7 Å². The quantitative estimate of drug-likeness (QED) is 0.442. The summed E-state index contributed by atoms with van der Waals surface area (Å²) in [5.74, 6) is -0.801. The fourth-order valence-corrected chi connectivity index (χ4v) is 5.14. The van der Waals surface area contributed by atoms with Crippen molar-refractivity contribution in [1.82, 2.24) is 5.32 Å². The maximum atomic E-state index is 13.4. The van der Waals surface area contributed by atoms with Crippen molar-refractivity contribution in [3.05, 3.63) is 99.4 Å². The number of amides is 1. The van der Waals surface area contributed by atoms with Gasteiger partial charge in [0, 0.05) is 49.7 Å². The molecule has 2 unspecified atom stereocenters. The Morgan fingerprint density at radius 2 is 1.83 bits per heavy atom. The first-order valence-corrected chi connectivity index (χ1v) is 11.8. The van der Waals surface area contributed by atoms with Crippen molar-refractivity contribution in [2.75, 3.05) is 29.4 Å². The highest BCUT2D eigenvalue weighted by molar-refractivity contribution is 5.82. The first-order chi connectivity index (χ1) is 16.9. The van der Waals surface area contributed by atoms with E-state index in [0.717, 1.165) is 29.0 Å². The molecule has 35 heavy (non-hydrogen) atoms. The number of nitrogens with zero attached hydrogens (tertiary/aromatic N) is 3. The van der Waals surface area contributed by atoms with Gasteiger partial charge in [0.25, 0.3) is 5.69 Å². The molecule has 0 spiro atoms. The number of nitrogens with one attached hydrogen (secondary N) is 1. The SMILES string of the molecule is Cc1ccc(N2CCN3c4ccc([N+](=O)[O-])cc4CC(C(=O)NCc4ccc(F)cc4)C3C2)cc1. The number of aryl methyl sites for hydroxylation is 1. The summed E-state index contributed by atoms with van der Waals surface area (Å²) in [7, 11) is 0. The fourth-order valence-electron chi connectivity index (χ4n) is 5.14. The number of hydrogen-bond donors (Lipinski definition) is 1. The van der Waals surface area contributed by atoms with Crippen LogP contribution in [0, 0.1) is 28.8 Å². The highest BCUT2D eigenvalue weighted by atomic mass is 19.1. The molecule has 180 valence electrons. The minimum atomic E-state index is -0.398. The smallest absolute Gasteiger partial charge is 0.269 e. The Balaban J connectivity index is 1.42. The predicted octanol–water partition coefficient (Wildman–Crippen LogP) is 4.23. The van der Waals surface area contributed by atoms with Gasteiger partial charge in [-0.1, -0.05) is 29.8 Å². The zero-order valence-corrected chi connectivity index (χ0v) is 19.5. The zero-order valence-electron chi connectivity index (χ0n) is 19.5. The topological polar surface area (TPSA) is 78.7 Å². The molecule has 1 fully saturated rings. The third-order valence-electron chi connectivity index (χ3n) is 7.02. The van der Waals surface area contributed by atoms with Crippen LogP contribution >= 0.6 is 0 Å². The molecule has 8 heteroatoms. The minimum absolute atomic E-state index is 0.0333. The fraction of sp³-hybridized carbons (Fsp3) is 0.296. The van der Waals surface area contributed by atoms with Gasteiger partial charge < -0.3 is 15.1 Å². The van der Waals surface area contributed by atoms with E-state index in [2.05, 4.69) is 46.3 Å². The maximum Gasteiger partial charge on any atom is 0.269 e. The van der Waals surface area contributed by atoms with Crippen LogP contribution < -0.4 is 15.1 Å². The number of nitro benzene ring substituents is 1. The molecule has 3 aromatic carbocycles. The molecule has 1 amide bonds. The van der Waals surface area contributed by atoms with E-state index in [1.165, 1.54) is 23.8 Å². The van der Waals surface area contributed by atoms with Gasteiger partial charge >= 0.3 is 0 Å². The average Bonchev–Trinajstić information content (AvgIpc) is 2.87. The van der Waals surface area contributed by atoms with Gasteiger partial charge in [0.05, 0.1) is 16.9 Å². The Bertz CT molecular complexity index is 1250. The molecule has 7 nitrogen and oxygen atoms in total. The summed E-state index contributed by atoms with van der Waals surface area (Å²) in [6, 6.07) is 19.3. The van der Waals surface area contributed by atoms with E-state index >= 15 is 0 Å². The van der Waals surface area contributed by atoms with Crippen LogP contribution in [0.3, 0.4) is 0 Å². The van der Waals surface area contributed by atoms with Crippen molar-refractivity contribution < 1.29 is 14.1 Å². The van der Waals surface area contributed by atoms with E-state index in [1.54, 1.807) is 18.2 Å². The Labute approximate surface area is 203 Å². The summed E-state index contributed by atoms with van der Waals surface area (Å²) in [5.41, 5.74) is 4.95. The normalized spacial score (nSPS) is 19.0. The number of benzene rings is 3. The number of anilines is 2. The summed E-state index contributed by atoms with van der Waals surface area (Å²) in [4.78, 5) is 29.0. The van der Waals surface area contributed by atoms with Gasteiger partial charge in [-0.15, -0.1) is 0 Å². The Hall–Kier alpha value is -3.94. The predicted molar refractivity (Wildman–Crippen MR) is 133 cm³/mol. The van der Waals surface area contributed by atoms with Gasteiger partial charge in [0.2, 0.25) is 5.91 Å². The third kappa shape index (κ3) is 4.69. The number of carbonyl (C=O) groups is 1. The second kappa shape index (κ2) is 9.37. The van der Waals surface area contributed by atoms with Gasteiger partial charge in [-0.2, -0.15) is 0 Å². The molecule has 2 aliphatic heterocycles. The largest absolute Gasteiger partial charge is 0.368 e. The number of hydrogen-bond acceptors (Lipinski definition) is 5. The van der Waals surface area contributed by atoms with E-state index in [1.807, 2.05) is 6.07 Å². The van der Waals surface area contributed by atoms with Crippen molar-refractivity contribution >= 4 is 23.0 Å². The average molecular weight is 475 g/mol. The Morgan fingerprint density at radius 3 is 2.54 bits per heavy atom. The molecule has 2 atom stereocenters. The first kappa shape index (κ1) is 22.8. The molecule has 0 radical (unpaired) electrons.